The Morgan fingerprint density at radius 3 is 2.74 bits per heavy atom. The molecule has 1 amide bonds. The number of amides is 1. The Balaban J connectivity index is 1.63. The molecule has 1 aliphatic rings. The summed E-state index contributed by atoms with van der Waals surface area (Å²) in [6.07, 6.45) is 7.08. The van der Waals surface area contributed by atoms with Crippen molar-refractivity contribution in [2.45, 2.75) is 25.7 Å². The Morgan fingerprint density at radius 1 is 1.26 bits per heavy atom. The van der Waals surface area contributed by atoms with Crippen molar-refractivity contribution in [3.63, 3.8) is 0 Å². The Labute approximate surface area is 119 Å². The zero-order valence-electron chi connectivity index (χ0n) is 10.9. The summed E-state index contributed by atoms with van der Waals surface area (Å²) in [5.41, 5.74) is 2.29. The van der Waals surface area contributed by atoms with Gasteiger partial charge in [-0.2, -0.15) is 0 Å². The van der Waals surface area contributed by atoms with Gasteiger partial charge in [0.1, 0.15) is 0 Å². The van der Waals surface area contributed by atoms with Gasteiger partial charge in [0.05, 0.1) is 6.54 Å². The summed E-state index contributed by atoms with van der Waals surface area (Å²) in [6, 6.07) is 7.11. The summed E-state index contributed by atoms with van der Waals surface area (Å²) >= 11 is 5.78. The molecular formula is C15H19ClN2O. The molecule has 2 rings (SSSR count). The van der Waals surface area contributed by atoms with E-state index >= 15 is 0 Å². The molecule has 1 aromatic rings. The maximum Gasteiger partial charge on any atom is 0.238 e. The van der Waals surface area contributed by atoms with Gasteiger partial charge in [0.15, 0.2) is 0 Å². The van der Waals surface area contributed by atoms with Crippen molar-refractivity contribution >= 4 is 23.2 Å². The molecule has 0 atom stereocenters. The first-order chi connectivity index (χ1) is 9.24. The number of carbonyl (C=O) groups is 1. The van der Waals surface area contributed by atoms with Crippen molar-refractivity contribution in [2.24, 2.45) is 0 Å². The minimum atomic E-state index is -0.0253. The summed E-state index contributed by atoms with van der Waals surface area (Å²) in [5, 5.41) is 6.66. The van der Waals surface area contributed by atoms with E-state index in [0.29, 0.717) is 11.6 Å². The van der Waals surface area contributed by atoms with E-state index in [1.807, 2.05) is 0 Å². The molecule has 3 nitrogen and oxygen atoms in total. The lowest BCUT2D eigenvalue weighted by molar-refractivity contribution is -0.115. The van der Waals surface area contributed by atoms with Gasteiger partial charge in [-0.3, -0.25) is 4.79 Å². The van der Waals surface area contributed by atoms with Crippen LogP contribution in [0.1, 0.15) is 25.7 Å². The van der Waals surface area contributed by atoms with Crippen LogP contribution in [0.4, 0.5) is 5.69 Å². The molecular weight excluding hydrogens is 260 g/mol. The zero-order chi connectivity index (χ0) is 13.5. The monoisotopic (exact) mass is 278 g/mol. The van der Waals surface area contributed by atoms with E-state index in [4.69, 9.17) is 11.6 Å². The molecule has 0 bridgehead atoms. The van der Waals surface area contributed by atoms with Crippen LogP contribution in [-0.2, 0) is 4.79 Å². The lowest BCUT2D eigenvalue weighted by atomic mass is 10.2. The van der Waals surface area contributed by atoms with E-state index in [1.165, 1.54) is 24.8 Å². The third-order valence-corrected chi connectivity index (χ3v) is 3.42. The van der Waals surface area contributed by atoms with E-state index in [0.717, 1.165) is 18.7 Å². The molecule has 19 heavy (non-hydrogen) atoms. The van der Waals surface area contributed by atoms with Crippen LogP contribution in [0.25, 0.3) is 0 Å². The molecule has 0 aromatic heterocycles. The molecule has 0 saturated heterocycles. The smallest absolute Gasteiger partial charge is 0.238 e. The summed E-state index contributed by atoms with van der Waals surface area (Å²) in [6.45, 7) is 1.20. The number of nitrogens with one attached hydrogen (secondary N) is 2. The number of benzene rings is 1. The Morgan fingerprint density at radius 2 is 2.05 bits per heavy atom. The molecule has 1 aliphatic carbocycles. The maximum atomic E-state index is 11.7. The van der Waals surface area contributed by atoms with Crippen LogP contribution in [0.2, 0.25) is 5.02 Å². The highest BCUT2D eigenvalue weighted by Gasteiger charge is 2.05. The zero-order valence-corrected chi connectivity index (χ0v) is 11.7. The molecule has 1 aromatic carbocycles. The normalized spacial score (nSPS) is 14.3. The minimum Gasteiger partial charge on any atom is -0.325 e. The predicted octanol–water partition coefficient (Wildman–Crippen LogP) is 3.37. The number of rotatable bonds is 6. The molecule has 0 heterocycles. The molecule has 0 saturated carbocycles. The van der Waals surface area contributed by atoms with Crippen molar-refractivity contribution in [3.05, 3.63) is 40.9 Å². The number of anilines is 1. The lowest BCUT2D eigenvalue weighted by Gasteiger charge is -2.07. The summed E-state index contributed by atoms with van der Waals surface area (Å²) in [7, 11) is 0. The van der Waals surface area contributed by atoms with Crippen LogP contribution in [-0.4, -0.2) is 19.0 Å². The van der Waals surface area contributed by atoms with Crippen LogP contribution < -0.4 is 10.6 Å². The van der Waals surface area contributed by atoms with E-state index in [2.05, 4.69) is 16.7 Å². The van der Waals surface area contributed by atoms with Gasteiger partial charge in [-0.15, -0.1) is 0 Å². The highest BCUT2D eigenvalue weighted by molar-refractivity contribution is 6.30. The first-order valence-corrected chi connectivity index (χ1v) is 7.06. The number of allylic oxidation sites excluding steroid dienone is 1. The third-order valence-electron chi connectivity index (χ3n) is 3.17. The molecule has 0 aliphatic heterocycles. The van der Waals surface area contributed by atoms with Gasteiger partial charge in [-0.25, -0.2) is 0 Å². The Kier molecular flexibility index (Phi) is 5.43. The van der Waals surface area contributed by atoms with Crippen LogP contribution in [0.15, 0.2) is 35.9 Å². The first kappa shape index (κ1) is 14.1. The quantitative estimate of drug-likeness (QED) is 0.619. The average molecular weight is 279 g/mol. The standard InChI is InChI=1S/C15H19ClN2O/c16-13-5-7-14(8-6-13)18-15(19)11-17-10-9-12-3-1-2-4-12/h3,5-8,17H,1-2,4,9-11H2,(H,18,19). The third kappa shape index (κ3) is 5.05. The van der Waals surface area contributed by atoms with Crippen LogP contribution in [0, 0.1) is 0 Å². The van der Waals surface area contributed by atoms with Gasteiger partial charge in [-0.1, -0.05) is 23.3 Å². The van der Waals surface area contributed by atoms with Gasteiger partial charge in [0, 0.05) is 10.7 Å². The maximum absolute atomic E-state index is 11.7. The van der Waals surface area contributed by atoms with Crippen LogP contribution >= 0.6 is 11.6 Å². The Bertz CT molecular complexity index is 454. The summed E-state index contributed by atoms with van der Waals surface area (Å²) in [4.78, 5) is 11.7. The second-order valence-electron chi connectivity index (χ2n) is 4.74. The highest BCUT2D eigenvalue weighted by Crippen LogP contribution is 2.19. The van der Waals surface area contributed by atoms with Crippen molar-refractivity contribution < 1.29 is 4.79 Å². The fourth-order valence-electron chi connectivity index (χ4n) is 2.15. The van der Waals surface area contributed by atoms with Gasteiger partial charge in [-0.05, 0) is 56.5 Å². The topological polar surface area (TPSA) is 41.1 Å². The number of carbonyl (C=O) groups excluding carboxylic acids is 1. The van der Waals surface area contributed by atoms with Gasteiger partial charge in [0.2, 0.25) is 5.91 Å². The van der Waals surface area contributed by atoms with Gasteiger partial charge < -0.3 is 10.6 Å². The minimum absolute atomic E-state index is 0.0253. The van der Waals surface area contributed by atoms with Crippen molar-refractivity contribution in [1.29, 1.82) is 0 Å². The predicted molar refractivity (Wildman–Crippen MR) is 79.5 cm³/mol. The molecule has 0 fully saturated rings. The first-order valence-electron chi connectivity index (χ1n) is 6.68. The van der Waals surface area contributed by atoms with Gasteiger partial charge >= 0.3 is 0 Å². The average Bonchev–Trinajstić information content (AvgIpc) is 2.91. The van der Waals surface area contributed by atoms with Crippen LogP contribution in [0.3, 0.4) is 0 Å². The summed E-state index contributed by atoms with van der Waals surface area (Å²) in [5.74, 6) is -0.0253. The largest absolute Gasteiger partial charge is 0.325 e. The highest BCUT2D eigenvalue weighted by atomic mass is 35.5. The number of hydrogen-bond acceptors (Lipinski definition) is 2. The lowest BCUT2D eigenvalue weighted by Crippen LogP contribution is -2.28. The molecule has 102 valence electrons. The van der Waals surface area contributed by atoms with E-state index in [1.54, 1.807) is 24.3 Å². The van der Waals surface area contributed by atoms with E-state index < -0.39 is 0 Å². The second-order valence-corrected chi connectivity index (χ2v) is 5.17. The fraction of sp³-hybridized carbons (Fsp3) is 0.400. The van der Waals surface area contributed by atoms with Crippen molar-refractivity contribution in [2.75, 3.05) is 18.4 Å². The number of halogens is 1. The SMILES string of the molecule is O=C(CNCCC1=CCCC1)Nc1ccc(Cl)cc1. The molecule has 0 spiro atoms. The molecule has 0 radical (unpaired) electrons. The molecule has 2 N–H and O–H groups in total. The van der Waals surface area contributed by atoms with E-state index in [9.17, 15) is 4.79 Å². The fourth-order valence-corrected chi connectivity index (χ4v) is 2.28. The molecule has 4 heteroatoms. The second kappa shape index (κ2) is 7.31. The van der Waals surface area contributed by atoms with Crippen LogP contribution in [0.5, 0.6) is 0 Å². The Hall–Kier alpha value is -1.32. The van der Waals surface area contributed by atoms with Crippen molar-refractivity contribution in [1.82, 2.24) is 5.32 Å². The molecule has 0 unspecified atom stereocenters. The van der Waals surface area contributed by atoms with Crippen molar-refractivity contribution in [3.8, 4) is 0 Å². The van der Waals surface area contributed by atoms with Gasteiger partial charge in [0.25, 0.3) is 0 Å². The van der Waals surface area contributed by atoms with E-state index in [-0.39, 0.29) is 5.91 Å². The number of hydrogen-bond donors (Lipinski definition) is 2. The summed E-state index contributed by atoms with van der Waals surface area (Å²) < 4.78 is 0.